The molecule has 2 aromatic rings. The Morgan fingerprint density at radius 2 is 1.90 bits per heavy atom. The predicted octanol–water partition coefficient (Wildman–Crippen LogP) is 3.15. The largest absolute Gasteiger partial charge is 0.493 e. The number of ether oxygens (including phenoxy) is 2. The monoisotopic (exact) mass is 468 g/mol. The lowest BCUT2D eigenvalue weighted by atomic mass is 10.1. The third-order valence-corrected chi connectivity index (χ3v) is 7.81. The van der Waals surface area contributed by atoms with Gasteiger partial charge in [0.25, 0.3) is 0 Å². The molecule has 2 aliphatic rings. The summed E-state index contributed by atoms with van der Waals surface area (Å²) in [5.41, 5.74) is 0.654. The van der Waals surface area contributed by atoms with Crippen LogP contribution in [0.25, 0.3) is 10.9 Å². The van der Waals surface area contributed by atoms with Crippen LogP contribution in [0.5, 0.6) is 11.5 Å². The Labute approximate surface area is 188 Å². The van der Waals surface area contributed by atoms with Crippen molar-refractivity contribution >= 4 is 38.2 Å². The van der Waals surface area contributed by atoms with Gasteiger partial charge in [-0.2, -0.15) is 0 Å². The molecule has 10 heteroatoms. The average Bonchev–Trinajstić information content (AvgIpc) is 3.25. The molecule has 0 radical (unpaired) electrons. The van der Waals surface area contributed by atoms with Crippen LogP contribution >= 0.6 is 11.6 Å². The standard InChI is InChI=1S/C21H29ClN4O4S/c1-29-18-13-16-17(14-19(18)30-10-4-9-26-7-2-3-8-26)24-21(22)25-20(16)23-15-5-11-31(27,28)12-6-15/h13-15H,2-12H2,1H3,(H,23,24,25). The van der Waals surface area contributed by atoms with E-state index in [1.54, 1.807) is 7.11 Å². The molecule has 1 aromatic heterocycles. The Morgan fingerprint density at radius 1 is 1.16 bits per heavy atom. The topological polar surface area (TPSA) is 93.6 Å². The highest BCUT2D eigenvalue weighted by Gasteiger charge is 2.25. The van der Waals surface area contributed by atoms with Gasteiger partial charge in [0.2, 0.25) is 5.28 Å². The first-order valence-electron chi connectivity index (χ1n) is 10.8. The molecule has 31 heavy (non-hydrogen) atoms. The summed E-state index contributed by atoms with van der Waals surface area (Å²) in [6, 6.07) is 3.70. The summed E-state index contributed by atoms with van der Waals surface area (Å²) in [5.74, 6) is 2.17. The van der Waals surface area contributed by atoms with Crippen molar-refractivity contribution in [1.82, 2.24) is 14.9 Å². The molecule has 0 amide bonds. The van der Waals surface area contributed by atoms with Crippen LogP contribution in [0.3, 0.4) is 0 Å². The highest BCUT2D eigenvalue weighted by atomic mass is 35.5. The number of methoxy groups -OCH3 is 1. The van der Waals surface area contributed by atoms with Gasteiger partial charge in [0.05, 0.1) is 30.7 Å². The number of anilines is 1. The maximum atomic E-state index is 11.7. The first-order valence-corrected chi connectivity index (χ1v) is 13.0. The Balaban J connectivity index is 1.49. The second-order valence-electron chi connectivity index (χ2n) is 8.18. The van der Waals surface area contributed by atoms with Crippen molar-refractivity contribution in [3.8, 4) is 11.5 Å². The number of nitrogens with zero attached hydrogens (tertiary/aromatic N) is 3. The zero-order valence-corrected chi connectivity index (χ0v) is 19.3. The molecule has 2 fully saturated rings. The Bertz CT molecular complexity index is 1010. The van der Waals surface area contributed by atoms with Gasteiger partial charge in [-0.1, -0.05) is 0 Å². The molecule has 0 bridgehead atoms. The average molecular weight is 469 g/mol. The maximum Gasteiger partial charge on any atom is 0.224 e. The number of aromatic nitrogens is 2. The van der Waals surface area contributed by atoms with E-state index in [1.807, 2.05) is 12.1 Å². The Kier molecular flexibility index (Phi) is 7.03. The van der Waals surface area contributed by atoms with E-state index >= 15 is 0 Å². The summed E-state index contributed by atoms with van der Waals surface area (Å²) >= 11 is 6.18. The van der Waals surface area contributed by atoms with Crippen LogP contribution in [0, 0.1) is 0 Å². The fourth-order valence-electron chi connectivity index (χ4n) is 4.19. The number of hydrogen-bond acceptors (Lipinski definition) is 8. The summed E-state index contributed by atoms with van der Waals surface area (Å²) < 4.78 is 35.0. The van der Waals surface area contributed by atoms with Gasteiger partial charge < -0.3 is 19.7 Å². The molecule has 0 atom stereocenters. The molecule has 1 N–H and O–H groups in total. The molecule has 2 saturated heterocycles. The smallest absolute Gasteiger partial charge is 0.224 e. The number of nitrogens with one attached hydrogen (secondary N) is 1. The SMILES string of the molecule is COc1cc2c(NC3CCS(=O)(=O)CC3)nc(Cl)nc2cc1OCCCN1CCCC1. The van der Waals surface area contributed by atoms with Crippen LogP contribution in [0.4, 0.5) is 5.82 Å². The second-order valence-corrected chi connectivity index (χ2v) is 10.8. The van der Waals surface area contributed by atoms with Crippen molar-refractivity contribution in [2.75, 3.05) is 50.2 Å². The maximum absolute atomic E-state index is 11.7. The lowest BCUT2D eigenvalue weighted by Crippen LogP contribution is -2.32. The van der Waals surface area contributed by atoms with Crippen molar-refractivity contribution in [3.05, 3.63) is 17.4 Å². The predicted molar refractivity (Wildman–Crippen MR) is 122 cm³/mol. The second kappa shape index (κ2) is 9.75. The highest BCUT2D eigenvalue weighted by Crippen LogP contribution is 2.35. The number of rotatable bonds is 8. The third-order valence-electron chi connectivity index (χ3n) is 5.92. The van der Waals surface area contributed by atoms with Gasteiger partial charge in [0, 0.05) is 24.0 Å². The number of fused-ring (bicyclic) bond motifs is 1. The van der Waals surface area contributed by atoms with Crippen molar-refractivity contribution in [2.24, 2.45) is 0 Å². The highest BCUT2D eigenvalue weighted by molar-refractivity contribution is 7.91. The molecular formula is C21H29ClN4O4S. The fourth-order valence-corrected chi connectivity index (χ4v) is 5.86. The molecule has 3 heterocycles. The van der Waals surface area contributed by atoms with Crippen LogP contribution in [0.15, 0.2) is 12.1 Å². The number of halogens is 1. The van der Waals surface area contributed by atoms with Gasteiger partial charge in [0.15, 0.2) is 11.5 Å². The molecule has 8 nitrogen and oxygen atoms in total. The molecule has 2 aliphatic heterocycles. The zero-order valence-electron chi connectivity index (χ0n) is 17.8. The lowest BCUT2D eigenvalue weighted by Gasteiger charge is -2.24. The molecule has 170 valence electrons. The van der Waals surface area contributed by atoms with Gasteiger partial charge in [-0.3, -0.25) is 0 Å². The molecule has 0 unspecified atom stereocenters. The molecule has 0 spiro atoms. The summed E-state index contributed by atoms with van der Waals surface area (Å²) in [5, 5.41) is 4.25. The molecular weight excluding hydrogens is 440 g/mol. The van der Waals surface area contributed by atoms with Crippen molar-refractivity contribution < 1.29 is 17.9 Å². The minimum atomic E-state index is -2.93. The van der Waals surface area contributed by atoms with E-state index in [1.165, 1.54) is 25.9 Å². The summed E-state index contributed by atoms with van der Waals surface area (Å²) in [6.07, 6.45) is 4.60. The number of benzene rings is 1. The molecule has 1 aromatic carbocycles. The fraction of sp³-hybridized carbons (Fsp3) is 0.619. The van der Waals surface area contributed by atoms with E-state index in [4.69, 9.17) is 21.1 Å². The van der Waals surface area contributed by atoms with Gasteiger partial charge in [-0.25, -0.2) is 18.4 Å². The summed E-state index contributed by atoms with van der Waals surface area (Å²) in [4.78, 5) is 11.2. The Morgan fingerprint density at radius 3 is 2.61 bits per heavy atom. The van der Waals surface area contributed by atoms with E-state index in [0.717, 1.165) is 18.4 Å². The molecule has 0 saturated carbocycles. The summed E-state index contributed by atoms with van der Waals surface area (Å²) in [6.45, 7) is 3.99. The zero-order chi connectivity index (χ0) is 21.8. The number of hydrogen-bond donors (Lipinski definition) is 1. The normalized spacial score (nSPS) is 19.5. The minimum Gasteiger partial charge on any atom is -0.493 e. The Hall–Kier alpha value is -1.84. The first-order chi connectivity index (χ1) is 14.9. The van der Waals surface area contributed by atoms with Crippen LogP contribution in [0.1, 0.15) is 32.1 Å². The van der Waals surface area contributed by atoms with Crippen LogP contribution in [-0.4, -0.2) is 74.2 Å². The molecule has 0 aliphatic carbocycles. The summed E-state index contributed by atoms with van der Waals surface area (Å²) in [7, 11) is -1.32. The van der Waals surface area contributed by atoms with E-state index < -0.39 is 9.84 Å². The minimum absolute atomic E-state index is 0.0187. The van der Waals surface area contributed by atoms with Gasteiger partial charge in [0.1, 0.15) is 15.7 Å². The van der Waals surface area contributed by atoms with Crippen molar-refractivity contribution in [1.29, 1.82) is 0 Å². The first kappa shape index (κ1) is 22.4. The van der Waals surface area contributed by atoms with Crippen LogP contribution in [0.2, 0.25) is 5.28 Å². The quantitative estimate of drug-likeness (QED) is 0.466. The van der Waals surface area contributed by atoms with E-state index in [-0.39, 0.29) is 22.8 Å². The lowest BCUT2D eigenvalue weighted by molar-refractivity contribution is 0.254. The van der Waals surface area contributed by atoms with Gasteiger partial charge in [-0.15, -0.1) is 0 Å². The van der Waals surface area contributed by atoms with Crippen LogP contribution in [-0.2, 0) is 9.84 Å². The van der Waals surface area contributed by atoms with Gasteiger partial charge in [-0.05, 0) is 62.9 Å². The van der Waals surface area contributed by atoms with Crippen LogP contribution < -0.4 is 14.8 Å². The number of sulfone groups is 1. The van der Waals surface area contributed by atoms with Crippen molar-refractivity contribution in [3.63, 3.8) is 0 Å². The van der Waals surface area contributed by atoms with Gasteiger partial charge >= 0.3 is 0 Å². The van der Waals surface area contributed by atoms with E-state index in [2.05, 4.69) is 20.2 Å². The molecule has 4 rings (SSSR count). The number of likely N-dealkylation sites (tertiary alicyclic amines) is 1. The van der Waals surface area contributed by atoms with E-state index in [0.29, 0.717) is 42.3 Å². The van der Waals surface area contributed by atoms with Crippen molar-refractivity contribution in [2.45, 2.75) is 38.1 Å². The van der Waals surface area contributed by atoms with E-state index in [9.17, 15) is 8.42 Å². The third kappa shape index (κ3) is 5.70.